The van der Waals surface area contributed by atoms with Crippen LogP contribution in [-0.4, -0.2) is 44.8 Å². The molecule has 0 unspecified atom stereocenters. The normalized spacial score (nSPS) is 10.7. The zero-order valence-corrected chi connectivity index (χ0v) is 20.2. The number of nitrogens with zero attached hydrogens (tertiary/aromatic N) is 3. The summed E-state index contributed by atoms with van der Waals surface area (Å²) in [7, 11) is 3.37. The molecule has 2 rings (SSSR count). The van der Waals surface area contributed by atoms with E-state index in [1.54, 1.807) is 14.2 Å². The number of nitrogens with one attached hydrogen (secondary N) is 2. The fourth-order valence-electron chi connectivity index (χ4n) is 2.78. The first-order valence-electron chi connectivity index (χ1n) is 9.63. The topological polar surface area (TPSA) is 71.0 Å². The molecular formula is C21H32IN5O2. The highest BCUT2D eigenvalue weighted by Gasteiger charge is 2.08. The Labute approximate surface area is 190 Å². The van der Waals surface area contributed by atoms with Crippen LogP contribution in [0.4, 0.5) is 11.5 Å². The Morgan fingerprint density at radius 2 is 1.86 bits per heavy atom. The van der Waals surface area contributed by atoms with Crippen molar-refractivity contribution in [2.75, 3.05) is 44.1 Å². The molecule has 1 aromatic carbocycles. The summed E-state index contributed by atoms with van der Waals surface area (Å²) in [6, 6.07) is 9.83. The van der Waals surface area contributed by atoms with Gasteiger partial charge in [-0.15, -0.1) is 24.0 Å². The van der Waals surface area contributed by atoms with E-state index < -0.39 is 0 Å². The Bertz CT molecular complexity index is 764. The molecule has 0 spiro atoms. The number of benzene rings is 1. The SMILES string of the molecule is CCOc1cc(NC(=NC)NCc2ccc(N(CC)CC)nc2)ccc1OC.I. The Morgan fingerprint density at radius 1 is 1.10 bits per heavy atom. The van der Waals surface area contributed by atoms with Crippen molar-refractivity contribution in [1.29, 1.82) is 0 Å². The second-order valence-corrected chi connectivity index (χ2v) is 6.05. The van der Waals surface area contributed by atoms with Gasteiger partial charge in [-0.2, -0.15) is 0 Å². The maximum atomic E-state index is 5.62. The van der Waals surface area contributed by atoms with E-state index in [1.807, 2.05) is 31.3 Å². The fourth-order valence-corrected chi connectivity index (χ4v) is 2.78. The van der Waals surface area contributed by atoms with Crippen LogP contribution in [0.5, 0.6) is 11.5 Å². The van der Waals surface area contributed by atoms with Crippen LogP contribution < -0.4 is 25.0 Å². The standard InChI is InChI=1S/C21H31N5O2.HI/c1-6-26(7-2)20-12-9-16(14-23-20)15-24-21(22-4)25-17-10-11-18(27-5)19(13-17)28-8-3;/h9-14H,6-8,15H2,1-5H3,(H2,22,24,25);1H. The van der Waals surface area contributed by atoms with Gasteiger partial charge in [0.05, 0.1) is 13.7 Å². The number of rotatable bonds is 9. The van der Waals surface area contributed by atoms with E-state index in [1.165, 1.54) is 0 Å². The van der Waals surface area contributed by atoms with Crippen molar-refractivity contribution in [1.82, 2.24) is 10.3 Å². The minimum atomic E-state index is 0. The van der Waals surface area contributed by atoms with Gasteiger partial charge in [-0.05, 0) is 44.5 Å². The molecule has 1 heterocycles. The first kappa shape index (κ1) is 24.8. The summed E-state index contributed by atoms with van der Waals surface area (Å²) in [4.78, 5) is 11.1. The highest BCUT2D eigenvalue weighted by atomic mass is 127. The quantitative estimate of drug-likeness (QED) is 0.299. The summed E-state index contributed by atoms with van der Waals surface area (Å²) in [5.41, 5.74) is 1.95. The van der Waals surface area contributed by atoms with E-state index in [0.717, 1.165) is 30.2 Å². The molecule has 2 aromatic rings. The predicted octanol–water partition coefficient (Wildman–Crippen LogP) is 4.14. The summed E-state index contributed by atoms with van der Waals surface area (Å²) in [6.45, 7) is 9.30. The molecule has 0 atom stereocenters. The lowest BCUT2D eigenvalue weighted by atomic mass is 10.2. The maximum absolute atomic E-state index is 5.62. The number of hydrogen-bond donors (Lipinski definition) is 2. The number of aliphatic imine (C=N–C) groups is 1. The van der Waals surface area contributed by atoms with Gasteiger partial charge in [0.2, 0.25) is 0 Å². The molecule has 0 aliphatic heterocycles. The van der Waals surface area contributed by atoms with E-state index >= 15 is 0 Å². The van der Waals surface area contributed by atoms with Crippen molar-refractivity contribution in [3.8, 4) is 11.5 Å². The fraction of sp³-hybridized carbons (Fsp3) is 0.429. The smallest absolute Gasteiger partial charge is 0.195 e. The molecule has 0 bridgehead atoms. The number of halogens is 1. The lowest BCUT2D eigenvalue weighted by molar-refractivity contribution is 0.311. The molecule has 0 saturated heterocycles. The Balaban J connectivity index is 0.00000420. The molecule has 160 valence electrons. The number of methoxy groups -OCH3 is 1. The molecule has 29 heavy (non-hydrogen) atoms. The summed E-state index contributed by atoms with van der Waals surface area (Å²) in [5, 5.41) is 6.58. The minimum Gasteiger partial charge on any atom is -0.493 e. The summed E-state index contributed by atoms with van der Waals surface area (Å²) in [5.74, 6) is 3.06. The number of aromatic nitrogens is 1. The molecule has 8 heteroatoms. The first-order chi connectivity index (χ1) is 13.6. The summed E-state index contributed by atoms with van der Waals surface area (Å²) < 4.78 is 10.9. The molecule has 0 radical (unpaired) electrons. The van der Waals surface area contributed by atoms with Gasteiger partial charge in [0.25, 0.3) is 0 Å². The molecule has 2 N–H and O–H groups in total. The van der Waals surface area contributed by atoms with Crippen LogP contribution in [0.2, 0.25) is 0 Å². The van der Waals surface area contributed by atoms with E-state index in [0.29, 0.717) is 30.6 Å². The van der Waals surface area contributed by atoms with Gasteiger partial charge in [0.1, 0.15) is 5.82 Å². The van der Waals surface area contributed by atoms with Crippen LogP contribution in [-0.2, 0) is 6.54 Å². The van der Waals surface area contributed by atoms with Crippen LogP contribution in [0.15, 0.2) is 41.5 Å². The van der Waals surface area contributed by atoms with E-state index in [-0.39, 0.29) is 24.0 Å². The molecular weight excluding hydrogens is 481 g/mol. The van der Waals surface area contributed by atoms with Gasteiger partial charge in [0.15, 0.2) is 17.5 Å². The molecule has 1 aromatic heterocycles. The Kier molecular flexibility index (Phi) is 11.2. The Hall–Kier alpha value is -2.23. The van der Waals surface area contributed by atoms with Gasteiger partial charge < -0.3 is 25.0 Å². The second-order valence-electron chi connectivity index (χ2n) is 6.05. The number of guanidine groups is 1. The number of pyridine rings is 1. The van der Waals surface area contributed by atoms with Crippen molar-refractivity contribution in [2.45, 2.75) is 27.3 Å². The molecule has 0 amide bonds. The lowest BCUT2D eigenvalue weighted by Gasteiger charge is -2.19. The van der Waals surface area contributed by atoms with Crippen LogP contribution in [0, 0.1) is 0 Å². The third-order valence-corrected chi connectivity index (χ3v) is 4.31. The highest BCUT2D eigenvalue weighted by Crippen LogP contribution is 2.30. The zero-order chi connectivity index (χ0) is 20.4. The van der Waals surface area contributed by atoms with Gasteiger partial charge in [-0.25, -0.2) is 4.98 Å². The van der Waals surface area contributed by atoms with E-state index in [4.69, 9.17) is 9.47 Å². The number of ether oxygens (including phenoxy) is 2. The average molecular weight is 513 g/mol. The van der Waals surface area contributed by atoms with Gasteiger partial charge in [0, 0.05) is 44.6 Å². The van der Waals surface area contributed by atoms with Crippen molar-refractivity contribution < 1.29 is 9.47 Å². The van der Waals surface area contributed by atoms with Crippen LogP contribution in [0.3, 0.4) is 0 Å². The van der Waals surface area contributed by atoms with Crippen molar-refractivity contribution in [3.63, 3.8) is 0 Å². The Morgan fingerprint density at radius 3 is 2.41 bits per heavy atom. The largest absolute Gasteiger partial charge is 0.493 e. The first-order valence-corrected chi connectivity index (χ1v) is 9.63. The predicted molar refractivity (Wildman–Crippen MR) is 131 cm³/mol. The highest BCUT2D eigenvalue weighted by molar-refractivity contribution is 14.0. The molecule has 0 saturated carbocycles. The van der Waals surface area contributed by atoms with Crippen molar-refractivity contribution in [3.05, 3.63) is 42.1 Å². The lowest BCUT2D eigenvalue weighted by Crippen LogP contribution is -2.30. The summed E-state index contributed by atoms with van der Waals surface area (Å²) >= 11 is 0. The average Bonchev–Trinajstić information content (AvgIpc) is 2.73. The molecule has 0 aliphatic rings. The molecule has 0 aliphatic carbocycles. The van der Waals surface area contributed by atoms with E-state index in [9.17, 15) is 0 Å². The van der Waals surface area contributed by atoms with Crippen LogP contribution in [0.1, 0.15) is 26.3 Å². The molecule has 0 fully saturated rings. The van der Waals surface area contributed by atoms with E-state index in [2.05, 4.69) is 51.5 Å². The monoisotopic (exact) mass is 513 g/mol. The van der Waals surface area contributed by atoms with Gasteiger partial charge in [-0.1, -0.05) is 6.07 Å². The zero-order valence-electron chi connectivity index (χ0n) is 17.9. The number of anilines is 2. The van der Waals surface area contributed by atoms with Gasteiger partial charge in [-0.3, -0.25) is 4.99 Å². The van der Waals surface area contributed by atoms with Crippen LogP contribution >= 0.6 is 24.0 Å². The maximum Gasteiger partial charge on any atom is 0.195 e. The van der Waals surface area contributed by atoms with Gasteiger partial charge >= 0.3 is 0 Å². The molecule has 7 nitrogen and oxygen atoms in total. The minimum absolute atomic E-state index is 0. The van der Waals surface area contributed by atoms with Crippen molar-refractivity contribution >= 4 is 41.4 Å². The second kappa shape index (κ2) is 13.1. The third kappa shape index (κ3) is 7.26. The van der Waals surface area contributed by atoms with Crippen molar-refractivity contribution in [2.24, 2.45) is 4.99 Å². The summed E-state index contributed by atoms with van der Waals surface area (Å²) in [6.07, 6.45) is 1.90. The number of hydrogen-bond acceptors (Lipinski definition) is 5. The third-order valence-electron chi connectivity index (χ3n) is 4.31. The van der Waals surface area contributed by atoms with Crippen LogP contribution in [0.25, 0.3) is 0 Å².